The van der Waals surface area contributed by atoms with Crippen LogP contribution in [0.15, 0.2) is 175 Å². The number of aryl methyl sites for hydroxylation is 1. The fourth-order valence-electron chi connectivity index (χ4n) is 8.25. The predicted molar refractivity (Wildman–Crippen MR) is 253 cm³/mol. The van der Waals surface area contributed by atoms with Gasteiger partial charge in [-0.2, -0.15) is 4.72 Å². The zero-order chi connectivity index (χ0) is 44.6. The van der Waals surface area contributed by atoms with Crippen LogP contribution in [-0.4, -0.2) is 50.1 Å². The molecule has 5 unspecified atom stereocenters. The Bertz CT molecular complexity index is 2760. The lowest BCUT2D eigenvalue weighted by molar-refractivity contribution is -0.253. The molecule has 0 aliphatic carbocycles. The van der Waals surface area contributed by atoms with Crippen molar-refractivity contribution in [2.45, 2.75) is 75.3 Å². The van der Waals surface area contributed by atoms with Crippen LogP contribution in [0, 0.1) is 6.92 Å². The van der Waals surface area contributed by atoms with E-state index in [1.165, 1.54) is 16.3 Å². The number of sulfonamides is 1. The summed E-state index contributed by atoms with van der Waals surface area (Å²) in [5, 5.41) is 15.1. The van der Waals surface area contributed by atoms with Gasteiger partial charge in [0.05, 0.1) is 23.7 Å². The van der Waals surface area contributed by atoms with E-state index in [9.17, 15) is 18.3 Å². The van der Waals surface area contributed by atoms with Crippen LogP contribution in [0.25, 0.3) is 21.9 Å². The van der Waals surface area contributed by atoms with Crippen LogP contribution in [0.1, 0.15) is 70.7 Å². The normalized spacial score (nSPS) is 17.5. The number of carbonyl (C=O) groups is 1. The maximum absolute atomic E-state index is 13.7. The molecule has 3 N–H and O–H groups in total. The summed E-state index contributed by atoms with van der Waals surface area (Å²) in [5.74, 6) is -0.419. The number of rotatable bonds is 16. The molecule has 9 nitrogen and oxygen atoms in total. The third kappa shape index (κ3) is 11.0. The number of hydrogen-bond acceptors (Lipinski definition) is 7. The number of nitrogens with zero attached hydrogens (tertiary/aromatic N) is 1. The summed E-state index contributed by atoms with van der Waals surface area (Å²) in [6.07, 6.45) is -0.0642. The van der Waals surface area contributed by atoms with E-state index >= 15 is 0 Å². The lowest BCUT2D eigenvalue weighted by atomic mass is 9.98. The molecule has 8 rings (SSSR count). The number of aliphatic hydroxyl groups excluding tert-OH is 1. The minimum absolute atomic E-state index is 0.0182. The maximum atomic E-state index is 13.7. The number of ether oxygens (including phenoxy) is 2. The zero-order valence-electron chi connectivity index (χ0n) is 36.4. The fourth-order valence-corrected chi connectivity index (χ4v) is 9.45. The standard InChI is InChI=1S/C54H55N3O6S/c1-37-16-28-50(29-17-37)64(60,61)56-51(31-39-10-5-4-6-11-39)53(59)55-34-41-12-9-15-47(30-41)43-22-25-45(26-23-43)54-62-49(33-52(63-54)44-20-18-40(36-58)19-21-44)35-57(3)38(2)46-27-24-42-13-7-8-14-48(42)32-46/h4-30,32,38,49,51-52,54,56,58H,31,33-36H2,1-3H3,(H,55,59). The number of carbonyl (C=O) groups excluding carboxylic acids is 1. The van der Waals surface area contributed by atoms with Crippen LogP contribution < -0.4 is 10.0 Å². The molecular formula is C54H55N3O6S. The van der Waals surface area contributed by atoms with Crippen LogP contribution in [0.2, 0.25) is 0 Å². The summed E-state index contributed by atoms with van der Waals surface area (Å²) in [5.41, 5.74) is 8.63. The minimum atomic E-state index is -3.97. The summed E-state index contributed by atoms with van der Waals surface area (Å²) in [6.45, 7) is 5.01. The van der Waals surface area contributed by atoms with E-state index in [1.54, 1.807) is 24.3 Å². The SMILES string of the molecule is Cc1ccc(S(=O)(=O)NC(Cc2ccccc2)C(=O)NCc2cccc(-c3ccc(C4OC(CN(C)C(C)c5ccc6ccccc6c5)CC(c5ccc(CO)cc5)O4)cc3)c2)cc1. The maximum Gasteiger partial charge on any atom is 0.241 e. The van der Waals surface area contributed by atoms with Gasteiger partial charge in [-0.1, -0.05) is 151 Å². The topological polar surface area (TPSA) is 117 Å². The average Bonchev–Trinajstić information content (AvgIpc) is 3.33. The minimum Gasteiger partial charge on any atom is -0.392 e. The Morgan fingerprint density at radius 2 is 1.41 bits per heavy atom. The second-order valence-corrected chi connectivity index (χ2v) is 18.5. The van der Waals surface area contributed by atoms with Crippen molar-refractivity contribution in [3.63, 3.8) is 0 Å². The van der Waals surface area contributed by atoms with Crippen LogP contribution in [0.4, 0.5) is 0 Å². The number of amides is 1. The first-order valence-electron chi connectivity index (χ1n) is 21.8. The van der Waals surface area contributed by atoms with Crippen molar-refractivity contribution < 1.29 is 27.8 Å². The number of likely N-dealkylation sites (N-methyl/N-ethyl adjacent to an activating group) is 1. The molecule has 1 saturated heterocycles. The lowest BCUT2D eigenvalue weighted by Gasteiger charge is -2.39. The van der Waals surface area contributed by atoms with E-state index < -0.39 is 28.3 Å². The number of benzene rings is 7. The molecule has 64 heavy (non-hydrogen) atoms. The highest BCUT2D eigenvalue weighted by Gasteiger charge is 2.34. The van der Waals surface area contributed by atoms with Crippen LogP contribution >= 0.6 is 0 Å². The smallest absolute Gasteiger partial charge is 0.241 e. The van der Waals surface area contributed by atoms with E-state index in [4.69, 9.17) is 9.47 Å². The fraction of sp³-hybridized carbons (Fsp3) is 0.241. The van der Waals surface area contributed by atoms with Crippen molar-refractivity contribution in [2.24, 2.45) is 0 Å². The van der Waals surface area contributed by atoms with Gasteiger partial charge in [0, 0.05) is 31.1 Å². The Morgan fingerprint density at radius 3 is 2.14 bits per heavy atom. The molecule has 0 spiro atoms. The van der Waals surface area contributed by atoms with Crippen molar-refractivity contribution in [1.29, 1.82) is 0 Å². The summed E-state index contributed by atoms with van der Waals surface area (Å²) in [7, 11) is -1.82. The zero-order valence-corrected chi connectivity index (χ0v) is 37.2. The molecule has 1 heterocycles. The molecule has 0 saturated carbocycles. The Balaban J connectivity index is 0.956. The summed E-state index contributed by atoms with van der Waals surface area (Å²) in [6, 6.07) is 54.2. The van der Waals surface area contributed by atoms with Crippen molar-refractivity contribution in [2.75, 3.05) is 13.6 Å². The Kier molecular flexibility index (Phi) is 14.1. The first kappa shape index (κ1) is 44.6. The second kappa shape index (κ2) is 20.2. The van der Waals surface area contributed by atoms with Crippen molar-refractivity contribution in [3.05, 3.63) is 209 Å². The monoisotopic (exact) mass is 873 g/mol. The van der Waals surface area contributed by atoms with E-state index in [1.807, 2.05) is 97.9 Å². The van der Waals surface area contributed by atoms with E-state index in [2.05, 4.69) is 83.5 Å². The lowest BCUT2D eigenvalue weighted by Crippen LogP contribution is -2.47. The molecule has 0 bridgehead atoms. The van der Waals surface area contributed by atoms with Gasteiger partial charge in [0.2, 0.25) is 15.9 Å². The molecular weight excluding hydrogens is 819 g/mol. The molecule has 1 amide bonds. The highest BCUT2D eigenvalue weighted by Crippen LogP contribution is 2.39. The van der Waals surface area contributed by atoms with Crippen molar-refractivity contribution >= 4 is 26.7 Å². The van der Waals surface area contributed by atoms with Crippen molar-refractivity contribution in [1.82, 2.24) is 14.9 Å². The van der Waals surface area contributed by atoms with Gasteiger partial charge in [-0.15, -0.1) is 0 Å². The summed E-state index contributed by atoms with van der Waals surface area (Å²) in [4.78, 5) is 16.2. The molecule has 1 aliphatic rings. The second-order valence-electron chi connectivity index (χ2n) is 16.8. The molecule has 10 heteroatoms. The predicted octanol–water partition coefficient (Wildman–Crippen LogP) is 9.75. The number of aliphatic hydroxyl groups is 1. The van der Waals surface area contributed by atoms with Gasteiger partial charge < -0.3 is 19.9 Å². The van der Waals surface area contributed by atoms with Gasteiger partial charge in [-0.05, 0) is 101 Å². The summed E-state index contributed by atoms with van der Waals surface area (Å²) >= 11 is 0. The third-order valence-corrected chi connectivity index (χ3v) is 13.6. The highest BCUT2D eigenvalue weighted by molar-refractivity contribution is 7.89. The van der Waals surface area contributed by atoms with Gasteiger partial charge in [0.15, 0.2) is 6.29 Å². The highest BCUT2D eigenvalue weighted by atomic mass is 32.2. The van der Waals surface area contributed by atoms with Crippen LogP contribution in [-0.2, 0) is 43.9 Å². The van der Waals surface area contributed by atoms with Crippen molar-refractivity contribution in [3.8, 4) is 11.1 Å². The van der Waals surface area contributed by atoms with Gasteiger partial charge >= 0.3 is 0 Å². The summed E-state index contributed by atoms with van der Waals surface area (Å²) < 4.78 is 42.9. The Hall–Kier alpha value is -5.98. The van der Waals surface area contributed by atoms with Gasteiger partial charge in [-0.25, -0.2) is 8.42 Å². The first-order valence-corrected chi connectivity index (χ1v) is 23.3. The third-order valence-electron chi connectivity index (χ3n) is 12.2. The van der Waals surface area contributed by atoms with Gasteiger partial charge in [0.25, 0.3) is 0 Å². The van der Waals surface area contributed by atoms with Gasteiger partial charge in [-0.3, -0.25) is 9.69 Å². The molecule has 1 fully saturated rings. The van der Waals surface area contributed by atoms with Gasteiger partial charge in [0.1, 0.15) is 6.04 Å². The molecule has 7 aromatic carbocycles. The van der Waals surface area contributed by atoms with E-state index in [-0.39, 0.29) is 42.7 Å². The molecule has 1 aliphatic heterocycles. The molecule has 328 valence electrons. The van der Waals surface area contributed by atoms with E-state index in [0.29, 0.717) is 13.0 Å². The molecule has 5 atom stereocenters. The molecule has 0 radical (unpaired) electrons. The largest absolute Gasteiger partial charge is 0.392 e. The molecule has 7 aromatic rings. The van der Waals surface area contributed by atoms with E-state index in [0.717, 1.165) is 44.5 Å². The first-order chi connectivity index (χ1) is 31.0. The number of fused-ring (bicyclic) bond motifs is 1. The van der Waals surface area contributed by atoms with Crippen LogP contribution in [0.3, 0.4) is 0 Å². The average molecular weight is 874 g/mol. The number of hydrogen-bond donors (Lipinski definition) is 3. The quantitative estimate of drug-likeness (QED) is 0.0886. The number of nitrogens with one attached hydrogen (secondary N) is 2. The van der Waals surface area contributed by atoms with Crippen LogP contribution in [0.5, 0.6) is 0 Å². The Labute approximate surface area is 376 Å². The molecule has 0 aromatic heterocycles. The Morgan fingerprint density at radius 1 is 0.719 bits per heavy atom.